The second kappa shape index (κ2) is 6.53. The van der Waals surface area contributed by atoms with Crippen LogP contribution in [0, 0.1) is 17.3 Å². The van der Waals surface area contributed by atoms with Crippen molar-refractivity contribution < 1.29 is 9.22 Å². The van der Waals surface area contributed by atoms with Gasteiger partial charge in [-0.2, -0.15) is 0 Å². The first-order valence-electron chi connectivity index (χ1n) is 9.10. The smallest absolute Gasteiger partial charge is 0.192 e. The molecule has 0 saturated heterocycles. The summed E-state index contributed by atoms with van der Waals surface area (Å²) in [6.45, 7) is 11.1. The molecule has 2 rings (SSSR count). The largest absolute Gasteiger partial charge is 0.414 e. The molecule has 122 valence electrons. The normalized spacial score (nSPS) is 36.5. The van der Waals surface area contributed by atoms with Crippen molar-refractivity contribution >= 4 is 14.1 Å². The second-order valence-corrected chi connectivity index (χ2v) is 12.4. The monoisotopic (exact) mass is 310 g/mol. The number of carbonyl (C=O) groups is 1. The zero-order valence-electron chi connectivity index (χ0n) is 14.7. The number of ketones is 1. The Morgan fingerprint density at radius 2 is 1.76 bits per heavy atom. The van der Waals surface area contributed by atoms with Crippen LogP contribution in [0.15, 0.2) is 0 Å². The van der Waals surface area contributed by atoms with Crippen LogP contribution in [-0.2, 0) is 9.22 Å². The Bertz CT molecular complexity index is 369. The predicted molar refractivity (Wildman–Crippen MR) is 90.9 cm³/mol. The van der Waals surface area contributed by atoms with Crippen molar-refractivity contribution in [3.63, 3.8) is 0 Å². The van der Waals surface area contributed by atoms with Crippen molar-refractivity contribution in [3.8, 4) is 0 Å². The lowest BCUT2D eigenvalue weighted by Crippen LogP contribution is -2.48. The third-order valence-electron chi connectivity index (χ3n) is 6.89. The minimum absolute atomic E-state index is 0.212. The molecule has 0 aliphatic heterocycles. The van der Waals surface area contributed by atoms with E-state index in [2.05, 4.69) is 27.7 Å². The van der Waals surface area contributed by atoms with Gasteiger partial charge in [-0.1, -0.05) is 34.1 Å². The SMILES string of the molecule is CC[Si](CC)(CC)O[C@H]1CCC[C@]2(C)[C@@H](C(C)=O)CC[C@@H]12. The molecule has 0 spiro atoms. The van der Waals surface area contributed by atoms with E-state index < -0.39 is 8.32 Å². The number of hydrogen-bond acceptors (Lipinski definition) is 2. The van der Waals surface area contributed by atoms with E-state index in [4.69, 9.17) is 4.43 Å². The van der Waals surface area contributed by atoms with Crippen molar-refractivity contribution in [2.75, 3.05) is 0 Å². The maximum Gasteiger partial charge on any atom is 0.192 e. The van der Waals surface area contributed by atoms with Gasteiger partial charge in [-0.3, -0.25) is 4.79 Å². The molecule has 2 saturated carbocycles. The van der Waals surface area contributed by atoms with Gasteiger partial charge in [0.1, 0.15) is 5.78 Å². The Balaban J connectivity index is 2.18. The van der Waals surface area contributed by atoms with E-state index in [1.54, 1.807) is 6.92 Å². The summed E-state index contributed by atoms with van der Waals surface area (Å²) in [6, 6.07) is 3.70. The van der Waals surface area contributed by atoms with Gasteiger partial charge in [0.05, 0.1) is 0 Å². The Morgan fingerprint density at radius 1 is 1.14 bits per heavy atom. The van der Waals surface area contributed by atoms with Gasteiger partial charge in [-0.25, -0.2) is 0 Å². The standard InChI is InChI=1S/C18H34O2Si/c1-6-21(7-2,8-3)20-17-10-9-13-18(5)15(14(4)19)11-12-16(17)18/h15-17H,6-13H2,1-5H3/t15-,16+,17+,18-/m1/s1. The molecule has 0 bridgehead atoms. The number of Topliss-reactive ketones (excluding diaryl/α,β-unsaturated/α-hetero) is 1. The zero-order chi connectivity index (χ0) is 15.7. The summed E-state index contributed by atoms with van der Waals surface area (Å²) in [5.41, 5.74) is 0.212. The molecule has 2 fully saturated rings. The van der Waals surface area contributed by atoms with Crippen molar-refractivity contribution in [1.82, 2.24) is 0 Å². The second-order valence-electron chi connectivity index (χ2n) is 7.65. The molecule has 0 aromatic heterocycles. The molecule has 21 heavy (non-hydrogen) atoms. The van der Waals surface area contributed by atoms with E-state index in [0.717, 1.165) is 6.42 Å². The Kier molecular flexibility index (Phi) is 5.35. The number of hydrogen-bond donors (Lipinski definition) is 0. The summed E-state index contributed by atoms with van der Waals surface area (Å²) >= 11 is 0. The van der Waals surface area contributed by atoms with E-state index in [1.165, 1.54) is 43.8 Å². The highest BCUT2D eigenvalue weighted by Crippen LogP contribution is 2.56. The van der Waals surface area contributed by atoms with Crippen LogP contribution in [0.25, 0.3) is 0 Å². The first-order chi connectivity index (χ1) is 9.92. The quantitative estimate of drug-likeness (QED) is 0.632. The third-order valence-corrected chi connectivity index (χ3v) is 11.6. The van der Waals surface area contributed by atoms with Crippen LogP contribution in [-0.4, -0.2) is 20.2 Å². The van der Waals surface area contributed by atoms with Crippen LogP contribution in [0.4, 0.5) is 0 Å². The van der Waals surface area contributed by atoms with E-state index in [0.29, 0.717) is 17.8 Å². The average molecular weight is 311 g/mol. The molecule has 0 N–H and O–H groups in total. The topological polar surface area (TPSA) is 26.3 Å². The lowest BCUT2D eigenvalue weighted by molar-refractivity contribution is -0.126. The van der Waals surface area contributed by atoms with Gasteiger partial charge < -0.3 is 4.43 Å². The van der Waals surface area contributed by atoms with Gasteiger partial charge in [0.25, 0.3) is 0 Å². The van der Waals surface area contributed by atoms with Crippen LogP contribution in [0.1, 0.15) is 66.7 Å². The lowest BCUT2D eigenvalue weighted by Gasteiger charge is -2.47. The summed E-state index contributed by atoms with van der Waals surface area (Å²) in [5, 5.41) is 0. The molecule has 0 heterocycles. The molecule has 0 radical (unpaired) electrons. The highest BCUT2D eigenvalue weighted by molar-refractivity contribution is 6.73. The molecule has 2 nitrogen and oxygen atoms in total. The summed E-state index contributed by atoms with van der Waals surface area (Å²) in [6.07, 6.45) is 6.41. The Hall–Kier alpha value is -0.153. The maximum absolute atomic E-state index is 12.0. The van der Waals surface area contributed by atoms with Gasteiger partial charge in [-0.15, -0.1) is 0 Å². The number of fused-ring (bicyclic) bond motifs is 1. The molecule has 3 heteroatoms. The average Bonchev–Trinajstić information content (AvgIpc) is 2.83. The van der Waals surface area contributed by atoms with Crippen LogP contribution >= 0.6 is 0 Å². The summed E-state index contributed by atoms with van der Waals surface area (Å²) < 4.78 is 6.86. The molecule has 0 aromatic carbocycles. The molecule has 0 unspecified atom stereocenters. The first-order valence-corrected chi connectivity index (χ1v) is 11.6. The predicted octanol–water partition coefficient (Wildman–Crippen LogP) is 5.18. The number of carbonyl (C=O) groups excluding carboxylic acids is 1. The zero-order valence-corrected chi connectivity index (χ0v) is 15.7. The highest BCUT2D eigenvalue weighted by atomic mass is 28.4. The van der Waals surface area contributed by atoms with Crippen molar-refractivity contribution in [2.45, 2.75) is 91.0 Å². The van der Waals surface area contributed by atoms with Gasteiger partial charge in [-0.05, 0) is 62.1 Å². The van der Waals surface area contributed by atoms with Crippen molar-refractivity contribution in [2.24, 2.45) is 17.3 Å². The van der Waals surface area contributed by atoms with Gasteiger partial charge in [0, 0.05) is 12.0 Å². The highest BCUT2D eigenvalue weighted by Gasteiger charge is 2.54. The van der Waals surface area contributed by atoms with Crippen LogP contribution in [0.5, 0.6) is 0 Å². The fraction of sp³-hybridized carbons (Fsp3) is 0.944. The van der Waals surface area contributed by atoms with Gasteiger partial charge in [0.2, 0.25) is 0 Å². The third kappa shape index (κ3) is 3.01. The number of rotatable bonds is 6. The fourth-order valence-electron chi connectivity index (χ4n) is 5.25. The maximum atomic E-state index is 12.0. The molecular formula is C18H34O2Si. The lowest BCUT2D eigenvalue weighted by atomic mass is 9.63. The van der Waals surface area contributed by atoms with Gasteiger partial charge in [0.15, 0.2) is 8.32 Å². The Labute approximate surface area is 132 Å². The van der Waals surface area contributed by atoms with Crippen LogP contribution < -0.4 is 0 Å². The molecular weight excluding hydrogens is 276 g/mol. The fourth-order valence-corrected chi connectivity index (χ4v) is 8.17. The Morgan fingerprint density at radius 3 is 2.29 bits per heavy atom. The molecule has 4 atom stereocenters. The van der Waals surface area contributed by atoms with Crippen molar-refractivity contribution in [3.05, 3.63) is 0 Å². The van der Waals surface area contributed by atoms with Gasteiger partial charge >= 0.3 is 0 Å². The van der Waals surface area contributed by atoms with E-state index >= 15 is 0 Å². The van der Waals surface area contributed by atoms with Crippen molar-refractivity contribution in [1.29, 1.82) is 0 Å². The van der Waals surface area contributed by atoms with Crippen LogP contribution in [0.3, 0.4) is 0 Å². The molecule has 0 amide bonds. The summed E-state index contributed by atoms with van der Waals surface area (Å²) in [4.78, 5) is 12.0. The summed E-state index contributed by atoms with van der Waals surface area (Å²) in [7, 11) is -1.53. The molecule has 2 aliphatic carbocycles. The summed E-state index contributed by atoms with van der Waals surface area (Å²) in [5.74, 6) is 1.32. The first kappa shape index (κ1) is 17.2. The van der Waals surface area contributed by atoms with E-state index in [-0.39, 0.29) is 11.3 Å². The molecule has 2 aliphatic rings. The minimum atomic E-state index is -1.53. The van der Waals surface area contributed by atoms with E-state index in [9.17, 15) is 4.79 Å². The minimum Gasteiger partial charge on any atom is -0.414 e. The van der Waals surface area contributed by atoms with Crippen LogP contribution in [0.2, 0.25) is 18.1 Å². The molecule has 0 aromatic rings. The van der Waals surface area contributed by atoms with E-state index in [1.807, 2.05) is 0 Å².